The van der Waals surface area contributed by atoms with Crippen molar-refractivity contribution >= 4 is 39.1 Å². The smallest absolute Gasteiger partial charge is 0.253 e. The second kappa shape index (κ2) is 10.0. The monoisotopic (exact) mass is 462 g/mol. The van der Waals surface area contributed by atoms with Crippen molar-refractivity contribution in [3.05, 3.63) is 59.1 Å². The van der Waals surface area contributed by atoms with Crippen LogP contribution >= 0.6 is 11.3 Å². The van der Waals surface area contributed by atoms with Crippen LogP contribution in [0.15, 0.2) is 48.5 Å². The predicted octanol–water partition coefficient (Wildman–Crippen LogP) is 4.79. The Hall–Kier alpha value is -2.77. The summed E-state index contributed by atoms with van der Waals surface area (Å²) in [6.07, 6.45) is 6.42. The molecule has 0 radical (unpaired) electrons. The predicted molar refractivity (Wildman–Crippen MR) is 133 cm³/mol. The third-order valence-electron chi connectivity index (χ3n) is 6.75. The topological polar surface area (TPSA) is 74.3 Å². The van der Waals surface area contributed by atoms with Crippen molar-refractivity contribution in [2.45, 2.75) is 50.5 Å². The van der Waals surface area contributed by atoms with E-state index in [-0.39, 0.29) is 17.9 Å². The van der Waals surface area contributed by atoms with Crippen molar-refractivity contribution in [3.63, 3.8) is 0 Å². The Kier molecular flexibility index (Phi) is 6.69. The molecule has 2 heterocycles. The Labute approximate surface area is 198 Å². The summed E-state index contributed by atoms with van der Waals surface area (Å²) in [4.78, 5) is 32.5. The highest BCUT2D eigenvalue weighted by molar-refractivity contribution is 7.18. The number of carbonyl (C=O) groups is 2. The van der Waals surface area contributed by atoms with Crippen molar-refractivity contribution < 1.29 is 9.59 Å². The molecule has 1 aliphatic carbocycles. The fourth-order valence-electron chi connectivity index (χ4n) is 4.92. The molecule has 5 rings (SSSR count). The first kappa shape index (κ1) is 22.0. The van der Waals surface area contributed by atoms with Crippen LogP contribution in [0, 0.1) is 0 Å². The number of carbonyl (C=O) groups excluding carboxylic acids is 2. The Morgan fingerprint density at radius 1 is 0.970 bits per heavy atom. The number of likely N-dealkylation sites (tertiary alicyclic amines) is 1. The Morgan fingerprint density at radius 3 is 2.48 bits per heavy atom. The van der Waals surface area contributed by atoms with E-state index in [9.17, 15) is 9.59 Å². The number of thiazole rings is 1. The van der Waals surface area contributed by atoms with Crippen molar-refractivity contribution in [1.82, 2.24) is 15.2 Å². The maximum absolute atomic E-state index is 12.8. The van der Waals surface area contributed by atoms with E-state index in [2.05, 4.69) is 33.7 Å². The largest absolute Gasteiger partial charge is 0.349 e. The van der Waals surface area contributed by atoms with Crippen molar-refractivity contribution in [2.75, 3.05) is 25.0 Å². The number of amides is 2. The Balaban J connectivity index is 1.15. The maximum Gasteiger partial charge on any atom is 0.253 e. The fraction of sp³-hybridized carbons (Fsp3) is 0.423. The first-order chi connectivity index (χ1) is 16.2. The number of aromatic nitrogens is 1. The van der Waals surface area contributed by atoms with Gasteiger partial charge in [-0.2, -0.15) is 0 Å². The van der Waals surface area contributed by atoms with E-state index < -0.39 is 0 Å². The van der Waals surface area contributed by atoms with Crippen LogP contribution in [0.4, 0.5) is 5.69 Å². The average molecular weight is 463 g/mol. The molecule has 2 N–H and O–H groups in total. The molecule has 0 unspecified atom stereocenters. The molecule has 3 aromatic rings. The van der Waals surface area contributed by atoms with Gasteiger partial charge in [-0.25, -0.2) is 4.98 Å². The number of benzene rings is 2. The number of rotatable bonds is 6. The number of fused-ring (bicyclic) bond motifs is 1. The van der Waals surface area contributed by atoms with Crippen LogP contribution in [0.3, 0.4) is 0 Å². The molecule has 1 saturated carbocycles. The third kappa shape index (κ3) is 5.25. The molecule has 2 aliphatic rings. The number of hydrogen-bond donors (Lipinski definition) is 2. The number of hydrogen-bond acceptors (Lipinski definition) is 5. The van der Waals surface area contributed by atoms with E-state index in [0.29, 0.717) is 23.7 Å². The molecule has 2 amide bonds. The second-order valence-corrected chi connectivity index (χ2v) is 10.2. The molecule has 2 fully saturated rings. The molecule has 7 heteroatoms. The summed E-state index contributed by atoms with van der Waals surface area (Å²) in [6, 6.07) is 15.8. The lowest BCUT2D eigenvalue weighted by Gasteiger charge is -2.30. The quantitative estimate of drug-likeness (QED) is 0.553. The van der Waals surface area contributed by atoms with E-state index >= 15 is 0 Å². The van der Waals surface area contributed by atoms with Crippen LogP contribution < -0.4 is 10.6 Å². The van der Waals surface area contributed by atoms with Gasteiger partial charge in [0.15, 0.2) is 0 Å². The first-order valence-electron chi connectivity index (χ1n) is 11.9. The highest BCUT2D eigenvalue weighted by Crippen LogP contribution is 2.33. The number of para-hydroxylation sites is 2. The summed E-state index contributed by atoms with van der Waals surface area (Å²) in [6.45, 7) is 2.08. The lowest BCUT2D eigenvalue weighted by atomic mass is 9.97. The maximum atomic E-state index is 12.8. The molecule has 1 aromatic heterocycles. The summed E-state index contributed by atoms with van der Waals surface area (Å²) >= 11 is 1.79. The highest BCUT2D eigenvalue weighted by Gasteiger charge is 2.25. The van der Waals surface area contributed by atoms with E-state index in [4.69, 9.17) is 4.98 Å². The lowest BCUT2D eigenvalue weighted by Crippen LogP contribution is -2.39. The minimum absolute atomic E-state index is 0.0745. The van der Waals surface area contributed by atoms with Crippen molar-refractivity contribution in [3.8, 4) is 0 Å². The molecule has 172 valence electrons. The van der Waals surface area contributed by atoms with Gasteiger partial charge in [0.2, 0.25) is 5.91 Å². The van der Waals surface area contributed by atoms with Gasteiger partial charge in [0, 0.05) is 12.0 Å². The van der Waals surface area contributed by atoms with E-state index in [1.54, 1.807) is 23.5 Å². The molecule has 0 atom stereocenters. The molecule has 0 bridgehead atoms. The molecule has 2 aromatic carbocycles. The number of piperidine rings is 1. The van der Waals surface area contributed by atoms with Crippen molar-refractivity contribution in [1.29, 1.82) is 0 Å². The Morgan fingerprint density at radius 2 is 1.70 bits per heavy atom. The normalized spacial score (nSPS) is 17.9. The van der Waals surface area contributed by atoms with E-state index in [0.717, 1.165) is 44.3 Å². The molecule has 6 nitrogen and oxygen atoms in total. The Bertz CT molecular complexity index is 1100. The van der Waals surface area contributed by atoms with Crippen LogP contribution in [0.2, 0.25) is 0 Å². The first-order valence-corrected chi connectivity index (χ1v) is 12.7. The molecular weight excluding hydrogens is 432 g/mol. The van der Waals surface area contributed by atoms with Gasteiger partial charge < -0.3 is 10.6 Å². The van der Waals surface area contributed by atoms with Crippen LogP contribution in [-0.2, 0) is 4.79 Å². The van der Waals surface area contributed by atoms with Gasteiger partial charge in [-0.1, -0.05) is 37.1 Å². The number of nitrogens with one attached hydrogen (secondary N) is 2. The van der Waals surface area contributed by atoms with Gasteiger partial charge in [0.1, 0.15) is 0 Å². The van der Waals surface area contributed by atoms with Gasteiger partial charge in [-0.15, -0.1) is 11.3 Å². The lowest BCUT2D eigenvalue weighted by molar-refractivity contribution is -0.117. The van der Waals surface area contributed by atoms with Gasteiger partial charge >= 0.3 is 0 Å². The second-order valence-electron chi connectivity index (χ2n) is 9.12. The summed E-state index contributed by atoms with van der Waals surface area (Å²) < 4.78 is 1.24. The molecule has 1 saturated heterocycles. The van der Waals surface area contributed by atoms with E-state index in [1.165, 1.54) is 22.5 Å². The molecule has 33 heavy (non-hydrogen) atoms. The summed E-state index contributed by atoms with van der Waals surface area (Å²) in [5.41, 5.74) is 2.20. The molecular formula is C26H30N4O2S. The average Bonchev–Trinajstić information content (AvgIpc) is 3.49. The minimum Gasteiger partial charge on any atom is -0.349 e. The highest BCUT2D eigenvalue weighted by atomic mass is 32.1. The minimum atomic E-state index is -0.102. The molecule has 1 aliphatic heterocycles. The van der Waals surface area contributed by atoms with Gasteiger partial charge in [-0.05, 0) is 63.0 Å². The van der Waals surface area contributed by atoms with Crippen molar-refractivity contribution in [2.24, 2.45) is 0 Å². The van der Waals surface area contributed by atoms with Crippen LogP contribution in [0.1, 0.15) is 59.8 Å². The fourth-order valence-corrected chi connectivity index (χ4v) is 6.06. The van der Waals surface area contributed by atoms with Crippen LogP contribution in [0.25, 0.3) is 10.2 Å². The third-order valence-corrected chi connectivity index (χ3v) is 7.95. The van der Waals surface area contributed by atoms with Gasteiger partial charge in [-0.3, -0.25) is 14.5 Å². The van der Waals surface area contributed by atoms with Gasteiger partial charge in [0.25, 0.3) is 5.91 Å². The number of nitrogens with zero attached hydrogens (tertiary/aromatic N) is 2. The zero-order valence-corrected chi connectivity index (χ0v) is 19.6. The summed E-state index contributed by atoms with van der Waals surface area (Å²) in [7, 11) is 0. The zero-order chi connectivity index (χ0) is 22.6. The summed E-state index contributed by atoms with van der Waals surface area (Å²) in [5, 5.41) is 7.30. The SMILES string of the molecule is O=C(CN1CCC(c2nc3ccccc3s2)CC1)Nc1ccccc1C(=O)NC1CCCC1. The zero-order valence-electron chi connectivity index (χ0n) is 18.8. The van der Waals surface area contributed by atoms with E-state index in [1.807, 2.05) is 18.2 Å². The van der Waals surface area contributed by atoms with Crippen LogP contribution in [-0.4, -0.2) is 47.4 Å². The van der Waals surface area contributed by atoms with Crippen LogP contribution in [0.5, 0.6) is 0 Å². The van der Waals surface area contributed by atoms with Gasteiger partial charge in [0.05, 0.1) is 33.0 Å². The number of anilines is 1. The summed E-state index contributed by atoms with van der Waals surface area (Å²) in [5.74, 6) is 0.283. The molecule has 0 spiro atoms. The standard InChI is InChI=1S/C26H30N4O2S/c31-24(28-21-10-4-3-9-20(21)25(32)27-19-7-1-2-8-19)17-30-15-13-18(14-16-30)26-29-22-11-5-6-12-23(22)33-26/h3-6,9-12,18-19H,1-2,7-8,13-17H2,(H,27,32)(H,28,31).